The van der Waals surface area contributed by atoms with Crippen molar-refractivity contribution in [3.63, 3.8) is 0 Å². The third-order valence-corrected chi connectivity index (χ3v) is 13.6. The standard InChI is InChI=1S/C53H54N4O8S/c1-33-20-43-36(15-16-39-24-37-10-5-7-13-46(37)56(39)52(43)60)26-48(33)64-31-34-21-35(23-40(22-34)55(51(59)17-18-62-2)30-42(58)12-9-19-66-4)32-65-50-28-45-44(27-49(50)63-3)53(61)57-41(29-54-45)25-38-11-6-8-14-47(38)57/h5-8,10-11,13-14,20-23,26-29,39,41H,9,12,15-19,24-25,30-32H2,1-4H3/t39-,41+/m1/s1. The third-order valence-electron chi connectivity index (χ3n) is 12.9. The van der Waals surface area contributed by atoms with Crippen LogP contribution in [0.25, 0.3) is 0 Å². The van der Waals surface area contributed by atoms with Gasteiger partial charge in [-0.05, 0) is 127 Å². The van der Waals surface area contributed by atoms with E-state index in [4.69, 9.17) is 23.9 Å². The Balaban J connectivity index is 1.01. The number of carbonyl (C=O) groups is 4. The zero-order chi connectivity index (χ0) is 45.9. The highest BCUT2D eigenvalue weighted by Crippen LogP contribution is 2.42. The number of nitrogens with zero attached hydrogens (tertiary/aromatic N) is 4. The van der Waals surface area contributed by atoms with E-state index in [-0.39, 0.29) is 68.4 Å². The van der Waals surface area contributed by atoms with Crippen LogP contribution in [-0.2, 0) is 46.8 Å². The van der Waals surface area contributed by atoms with Crippen LogP contribution in [0.2, 0.25) is 0 Å². The molecule has 0 unspecified atom stereocenters. The van der Waals surface area contributed by atoms with Crippen LogP contribution in [0.3, 0.4) is 0 Å². The quantitative estimate of drug-likeness (QED) is 0.0841. The Hall–Kier alpha value is -6.44. The monoisotopic (exact) mass is 906 g/mol. The highest BCUT2D eigenvalue weighted by molar-refractivity contribution is 7.98. The fraction of sp³-hybridized carbons (Fsp3) is 0.340. The number of ether oxygens (including phenoxy) is 4. The minimum Gasteiger partial charge on any atom is -0.493 e. The molecular formula is C53H54N4O8S. The minimum absolute atomic E-state index is 0.0151. The molecule has 4 aliphatic rings. The smallest absolute Gasteiger partial charge is 0.261 e. The lowest BCUT2D eigenvalue weighted by molar-refractivity contribution is -0.123. The summed E-state index contributed by atoms with van der Waals surface area (Å²) in [5, 5.41) is 0. The van der Waals surface area contributed by atoms with E-state index < -0.39 is 0 Å². The van der Waals surface area contributed by atoms with E-state index in [9.17, 15) is 19.2 Å². The Kier molecular flexibility index (Phi) is 13.3. The number of aryl methyl sites for hydroxylation is 2. The van der Waals surface area contributed by atoms with Crippen molar-refractivity contribution in [2.75, 3.05) is 54.1 Å². The molecule has 0 aliphatic carbocycles. The zero-order valence-electron chi connectivity index (χ0n) is 37.8. The number of anilines is 3. The maximum atomic E-state index is 14.1. The number of hydrogen-bond donors (Lipinski definition) is 0. The van der Waals surface area contributed by atoms with Gasteiger partial charge in [0.2, 0.25) is 5.91 Å². The topological polar surface area (TPSA) is 127 Å². The fourth-order valence-electron chi connectivity index (χ4n) is 9.60. The Labute approximate surface area is 389 Å². The molecule has 4 heterocycles. The van der Waals surface area contributed by atoms with Crippen LogP contribution in [0.4, 0.5) is 22.7 Å². The van der Waals surface area contributed by atoms with Crippen LogP contribution in [0.1, 0.15) is 79.8 Å². The molecule has 3 amide bonds. The maximum Gasteiger partial charge on any atom is 0.261 e. The molecule has 0 bridgehead atoms. The van der Waals surface area contributed by atoms with Gasteiger partial charge in [-0.2, -0.15) is 11.8 Å². The molecule has 0 fully saturated rings. The van der Waals surface area contributed by atoms with Crippen molar-refractivity contribution < 1.29 is 38.1 Å². The number of amides is 3. The molecule has 5 aromatic rings. The summed E-state index contributed by atoms with van der Waals surface area (Å²) in [5.74, 6) is 1.84. The van der Waals surface area contributed by atoms with Crippen LogP contribution in [0, 0.1) is 6.92 Å². The van der Waals surface area contributed by atoms with Crippen LogP contribution in [0.15, 0.2) is 96.0 Å². The number of para-hydroxylation sites is 2. The normalized spacial score (nSPS) is 16.6. The highest BCUT2D eigenvalue weighted by atomic mass is 32.2. The fourth-order valence-corrected chi connectivity index (χ4v) is 10.0. The molecule has 5 aromatic carbocycles. The van der Waals surface area contributed by atoms with Crippen LogP contribution in [0.5, 0.6) is 17.2 Å². The molecule has 0 saturated carbocycles. The average molecular weight is 907 g/mol. The van der Waals surface area contributed by atoms with Gasteiger partial charge in [0.25, 0.3) is 11.8 Å². The van der Waals surface area contributed by atoms with Gasteiger partial charge in [0, 0.05) is 60.9 Å². The molecule has 66 heavy (non-hydrogen) atoms. The largest absolute Gasteiger partial charge is 0.493 e. The number of rotatable bonds is 17. The van der Waals surface area contributed by atoms with Crippen molar-refractivity contribution in [2.45, 2.75) is 77.2 Å². The number of carbonyl (C=O) groups excluding carboxylic acids is 4. The second-order valence-corrected chi connectivity index (χ2v) is 18.3. The molecule has 9 rings (SSSR count). The van der Waals surface area contributed by atoms with Crippen molar-refractivity contribution in [1.82, 2.24) is 0 Å². The first-order valence-electron chi connectivity index (χ1n) is 22.5. The van der Waals surface area contributed by atoms with E-state index in [1.165, 1.54) is 17.6 Å². The van der Waals surface area contributed by atoms with Gasteiger partial charge in [0.15, 0.2) is 17.3 Å². The van der Waals surface area contributed by atoms with Crippen molar-refractivity contribution in [3.8, 4) is 17.2 Å². The van der Waals surface area contributed by atoms with Crippen molar-refractivity contribution in [1.29, 1.82) is 0 Å². The first kappa shape index (κ1) is 44.7. The van der Waals surface area contributed by atoms with E-state index in [1.54, 1.807) is 35.9 Å². The number of benzene rings is 5. The average Bonchev–Trinajstić information content (AvgIpc) is 3.82. The molecule has 4 aliphatic heterocycles. The summed E-state index contributed by atoms with van der Waals surface area (Å²) in [4.78, 5) is 65.5. The minimum atomic E-state index is -0.243. The summed E-state index contributed by atoms with van der Waals surface area (Å²) in [6.07, 6.45) is 8.09. The lowest BCUT2D eigenvalue weighted by Gasteiger charge is -2.24. The van der Waals surface area contributed by atoms with Crippen molar-refractivity contribution in [3.05, 3.63) is 136 Å². The first-order chi connectivity index (χ1) is 32.1. The maximum absolute atomic E-state index is 14.1. The van der Waals surface area contributed by atoms with E-state index in [1.807, 2.05) is 97.1 Å². The molecule has 0 saturated heterocycles. The first-order valence-corrected chi connectivity index (χ1v) is 23.9. The predicted molar refractivity (Wildman–Crippen MR) is 259 cm³/mol. The summed E-state index contributed by atoms with van der Waals surface area (Å²) in [7, 11) is 3.08. The van der Waals surface area contributed by atoms with Crippen LogP contribution >= 0.6 is 11.8 Å². The van der Waals surface area contributed by atoms with E-state index in [2.05, 4.69) is 6.07 Å². The summed E-state index contributed by atoms with van der Waals surface area (Å²) in [5.41, 5.74) is 9.53. The second kappa shape index (κ2) is 19.6. The molecule has 0 spiro atoms. The molecule has 0 aromatic heterocycles. The van der Waals surface area contributed by atoms with E-state index >= 15 is 0 Å². The predicted octanol–water partition coefficient (Wildman–Crippen LogP) is 9.05. The van der Waals surface area contributed by atoms with Gasteiger partial charge >= 0.3 is 0 Å². The number of Topliss-reactive ketones (excluding diaryl/α,β-unsaturated/α-hetero) is 1. The molecule has 340 valence electrons. The second-order valence-electron chi connectivity index (χ2n) is 17.3. The van der Waals surface area contributed by atoms with Gasteiger partial charge in [-0.1, -0.05) is 36.4 Å². The lowest BCUT2D eigenvalue weighted by Crippen LogP contribution is -2.37. The van der Waals surface area contributed by atoms with Gasteiger partial charge < -0.3 is 28.7 Å². The van der Waals surface area contributed by atoms with Gasteiger partial charge in [-0.15, -0.1) is 0 Å². The number of ketones is 1. The number of fused-ring (bicyclic) bond motifs is 8. The molecule has 12 nitrogen and oxygen atoms in total. The summed E-state index contributed by atoms with van der Waals surface area (Å²) < 4.78 is 24.2. The number of hydrogen-bond acceptors (Lipinski definition) is 10. The van der Waals surface area contributed by atoms with Crippen LogP contribution < -0.4 is 28.9 Å². The Morgan fingerprint density at radius 1 is 0.773 bits per heavy atom. The van der Waals surface area contributed by atoms with Gasteiger partial charge in [0.1, 0.15) is 19.0 Å². The number of thioether (sulfide) groups is 1. The number of aliphatic imine (C=N–C) groups is 1. The van der Waals surface area contributed by atoms with Gasteiger partial charge in [0.05, 0.1) is 44.0 Å². The number of methoxy groups -OCH3 is 2. The summed E-state index contributed by atoms with van der Waals surface area (Å²) in [6.45, 7) is 2.26. The van der Waals surface area contributed by atoms with Crippen molar-refractivity contribution in [2.24, 2.45) is 4.99 Å². The van der Waals surface area contributed by atoms with Crippen LogP contribution in [-0.4, -0.2) is 81.2 Å². The Bertz CT molecular complexity index is 2740. The molecule has 0 radical (unpaired) electrons. The molecular weight excluding hydrogens is 853 g/mol. The van der Waals surface area contributed by atoms with E-state index in [0.29, 0.717) is 58.2 Å². The summed E-state index contributed by atoms with van der Waals surface area (Å²) in [6, 6.07) is 29.0. The zero-order valence-corrected chi connectivity index (χ0v) is 38.7. The molecule has 0 N–H and O–H groups in total. The van der Waals surface area contributed by atoms with Gasteiger partial charge in [-0.25, -0.2) is 0 Å². The SMILES string of the molecule is COCCC(=O)N(CC(=O)CCCSC)c1cc(COc2cc3c(cc2C)C(=O)N2c4ccccc4C[C@H]2CC3)cc(COc2cc3c(cc2OC)C(=O)N2c4ccccc4C[C@H]2C=N3)c1. The van der Waals surface area contributed by atoms with Crippen molar-refractivity contribution >= 4 is 64.2 Å². The molecule has 13 heteroatoms. The van der Waals surface area contributed by atoms with Gasteiger partial charge in [-0.3, -0.25) is 29.1 Å². The lowest BCUT2D eigenvalue weighted by atomic mass is 9.98. The Morgan fingerprint density at radius 3 is 2.20 bits per heavy atom. The Morgan fingerprint density at radius 2 is 1.47 bits per heavy atom. The summed E-state index contributed by atoms with van der Waals surface area (Å²) >= 11 is 1.68. The molecule has 2 atom stereocenters. The van der Waals surface area contributed by atoms with E-state index in [0.717, 1.165) is 65.1 Å². The highest BCUT2D eigenvalue weighted by Gasteiger charge is 2.38. The third kappa shape index (κ3) is 9.06.